The topological polar surface area (TPSA) is 8.17 Å². The van der Waals surface area contributed by atoms with Crippen molar-refractivity contribution in [1.82, 2.24) is 4.57 Å². The number of anilines is 3. The standard InChI is InChI=1S/C57H40N2/c1-5-15-40(16-6-1)42-25-31-49(32-26-42)59(50-33-27-43(28-34-50)41-17-7-2-8-18-41)51-35-29-44(30-36-51)48-37-53-52-24-14-13-23-47(52)39-58-56(46-21-11-4-12-22-46)55(54(38-48)57(53)58)45-19-9-3-10-20-45/h1-38H,39H2. The van der Waals surface area contributed by atoms with E-state index in [-0.39, 0.29) is 0 Å². The molecular formula is C57H40N2. The highest BCUT2D eigenvalue weighted by molar-refractivity contribution is 6.12. The highest BCUT2D eigenvalue weighted by atomic mass is 15.1. The van der Waals surface area contributed by atoms with E-state index in [2.05, 4.69) is 240 Å². The first-order valence-electron chi connectivity index (χ1n) is 20.4. The van der Waals surface area contributed by atoms with E-state index in [4.69, 9.17) is 0 Å². The monoisotopic (exact) mass is 752 g/mol. The van der Waals surface area contributed by atoms with Crippen LogP contribution in [-0.4, -0.2) is 4.57 Å². The zero-order valence-corrected chi connectivity index (χ0v) is 32.5. The van der Waals surface area contributed by atoms with Crippen molar-refractivity contribution >= 4 is 28.0 Å². The Morgan fingerprint density at radius 1 is 0.322 bits per heavy atom. The van der Waals surface area contributed by atoms with Crippen LogP contribution in [0.3, 0.4) is 0 Å². The summed E-state index contributed by atoms with van der Waals surface area (Å²) in [6.45, 7) is 0.833. The van der Waals surface area contributed by atoms with E-state index < -0.39 is 0 Å². The van der Waals surface area contributed by atoms with Gasteiger partial charge in [-0.1, -0.05) is 182 Å². The van der Waals surface area contributed by atoms with Crippen molar-refractivity contribution in [3.63, 3.8) is 0 Å². The molecule has 0 atom stereocenters. The molecule has 0 spiro atoms. The fourth-order valence-corrected chi connectivity index (χ4v) is 9.02. The summed E-state index contributed by atoms with van der Waals surface area (Å²) in [5.41, 5.74) is 20.7. The van der Waals surface area contributed by atoms with Crippen LogP contribution >= 0.6 is 0 Å². The minimum atomic E-state index is 0.833. The molecule has 10 aromatic rings. The van der Waals surface area contributed by atoms with Gasteiger partial charge in [0.2, 0.25) is 0 Å². The summed E-state index contributed by atoms with van der Waals surface area (Å²) in [5, 5.41) is 1.28. The average Bonchev–Trinajstić information content (AvgIpc) is 3.65. The molecule has 2 heteroatoms. The molecule has 0 saturated heterocycles. The van der Waals surface area contributed by atoms with Gasteiger partial charge in [0.1, 0.15) is 0 Å². The first-order chi connectivity index (χ1) is 29.3. The molecule has 0 fully saturated rings. The van der Waals surface area contributed by atoms with E-state index in [1.165, 1.54) is 83.4 Å². The molecule has 0 aliphatic carbocycles. The second-order valence-electron chi connectivity index (χ2n) is 15.3. The Morgan fingerprint density at radius 2 is 0.729 bits per heavy atom. The lowest BCUT2D eigenvalue weighted by molar-refractivity contribution is 0.838. The number of hydrogen-bond acceptors (Lipinski definition) is 1. The number of benzene rings is 9. The van der Waals surface area contributed by atoms with Gasteiger partial charge in [-0.25, -0.2) is 0 Å². The zero-order chi connectivity index (χ0) is 39.1. The van der Waals surface area contributed by atoms with Crippen molar-refractivity contribution in [2.24, 2.45) is 0 Å². The van der Waals surface area contributed by atoms with Crippen LogP contribution in [-0.2, 0) is 6.54 Å². The summed E-state index contributed by atoms with van der Waals surface area (Å²) in [6.07, 6.45) is 0. The minimum absolute atomic E-state index is 0.833. The molecule has 59 heavy (non-hydrogen) atoms. The van der Waals surface area contributed by atoms with Crippen molar-refractivity contribution in [1.29, 1.82) is 0 Å². The predicted molar refractivity (Wildman–Crippen MR) is 248 cm³/mol. The fourth-order valence-electron chi connectivity index (χ4n) is 9.02. The van der Waals surface area contributed by atoms with Crippen molar-refractivity contribution < 1.29 is 0 Å². The summed E-state index contributed by atoms with van der Waals surface area (Å²) < 4.78 is 2.56. The Morgan fingerprint density at radius 3 is 1.24 bits per heavy atom. The molecule has 0 N–H and O–H groups in total. The second-order valence-corrected chi connectivity index (χ2v) is 15.3. The molecule has 1 aliphatic heterocycles. The smallest absolute Gasteiger partial charge is 0.0575 e. The number of hydrogen-bond donors (Lipinski definition) is 0. The average molecular weight is 753 g/mol. The third-order valence-electron chi connectivity index (χ3n) is 11.8. The molecule has 278 valence electrons. The zero-order valence-electron chi connectivity index (χ0n) is 32.5. The Labute approximate surface area is 345 Å². The van der Waals surface area contributed by atoms with Crippen LogP contribution in [0.1, 0.15) is 5.56 Å². The highest BCUT2D eigenvalue weighted by Crippen LogP contribution is 2.49. The predicted octanol–water partition coefficient (Wildman–Crippen LogP) is 15.5. The summed E-state index contributed by atoms with van der Waals surface area (Å²) in [4.78, 5) is 2.36. The van der Waals surface area contributed by atoms with Crippen molar-refractivity contribution in [3.8, 4) is 66.9 Å². The van der Waals surface area contributed by atoms with E-state index in [9.17, 15) is 0 Å². The van der Waals surface area contributed by atoms with Crippen molar-refractivity contribution in [3.05, 3.63) is 236 Å². The molecule has 2 heterocycles. The first-order valence-corrected chi connectivity index (χ1v) is 20.4. The largest absolute Gasteiger partial charge is 0.335 e. The molecular weight excluding hydrogens is 713 g/mol. The molecule has 2 nitrogen and oxygen atoms in total. The Balaban J connectivity index is 1.05. The Hall–Kier alpha value is -7.68. The van der Waals surface area contributed by atoms with E-state index in [0.29, 0.717) is 0 Å². The van der Waals surface area contributed by atoms with Gasteiger partial charge in [0.05, 0.1) is 11.2 Å². The lowest BCUT2D eigenvalue weighted by atomic mass is 9.90. The van der Waals surface area contributed by atoms with Gasteiger partial charge in [0.15, 0.2) is 0 Å². The van der Waals surface area contributed by atoms with Crippen molar-refractivity contribution in [2.75, 3.05) is 4.90 Å². The summed E-state index contributed by atoms with van der Waals surface area (Å²) in [5.74, 6) is 0. The molecule has 1 aromatic heterocycles. The number of aromatic nitrogens is 1. The quantitative estimate of drug-likeness (QED) is 0.150. The summed E-state index contributed by atoms with van der Waals surface area (Å²) in [6, 6.07) is 83.7. The van der Waals surface area contributed by atoms with Crippen LogP contribution in [0.15, 0.2) is 231 Å². The van der Waals surface area contributed by atoms with E-state index >= 15 is 0 Å². The molecule has 0 unspecified atom stereocenters. The highest BCUT2D eigenvalue weighted by Gasteiger charge is 2.27. The van der Waals surface area contributed by atoms with E-state index in [1.807, 2.05) is 0 Å². The van der Waals surface area contributed by atoms with Gasteiger partial charge in [-0.05, 0) is 104 Å². The van der Waals surface area contributed by atoms with Crippen LogP contribution < -0.4 is 4.90 Å². The normalized spacial score (nSPS) is 11.7. The summed E-state index contributed by atoms with van der Waals surface area (Å²) >= 11 is 0. The molecule has 0 radical (unpaired) electrons. The Bertz CT molecular complexity index is 2970. The summed E-state index contributed by atoms with van der Waals surface area (Å²) in [7, 11) is 0. The van der Waals surface area contributed by atoms with Crippen LogP contribution in [0.4, 0.5) is 17.1 Å². The molecule has 0 bridgehead atoms. The van der Waals surface area contributed by atoms with Gasteiger partial charge in [0, 0.05) is 40.1 Å². The maximum atomic E-state index is 2.56. The third-order valence-corrected chi connectivity index (χ3v) is 11.8. The number of rotatable bonds is 8. The van der Waals surface area contributed by atoms with Crippen LogP contribution in [0.5, 0.6) is 0 Å². The fraction of sp³-hybridized carbons (Fsp3) is 0.0175. The lowest BCUT2D eigenvalue weighted by Gasteiger charge is -2.26. The van der Waals surface area contributed by atoms with Gasteiger partial charge in [-0.15, -0.1) is 0 Å². The first kappa shape index (κ1) is 34.6. The van der Waals surface area contributed by atoms with Crippen LogP contribution in [0.25, 0.3) is 77.8 Å². The van der Waals surface area contributed by atoms with E-state index in [0.717, 1.165) is 23.6 Å². The molecule has 1 aliphatic rings. The number of nitrogens with zero attached hydrogens (tertiary/aromatic N) is 2. The van der Waals surface area contributed by atoms with E-state index in [1.54, 1.807) is 0 Å². The Kier molecular flexibility index (Phi) is 8.60. The minimum Gasteiger partial charge on any atom is -0.335 e. The van der Waals surface area contributed by atoms with Gasteiger partial charge >= 0.3 is 0 Å². The van der Waals surface area contributed by atoms with Gasteiger partial charge in [-0.3, -0.25) is 0 Å². The lowest BCUT2D eigenvalue weighted by Crippen LogP contribution is -2.10. The maximum Gasteiger partial charge on any atom is 0.0575 e. The molecule has 11 rings (SSSR count). The molecule has 0 saturated carbocycles. The SMILES string of the molecule is c1ccc(-c2ccc(N(c3ccc(-c4ccccc4)cc3)c3ccc(-c4cc5c6c(c4)c(-c4ccccc4)c(-c4ccccc4)n6Cc4ccccc4-5)cc3)cc2)cc1. The molecule has 0 amide bonds. The van der Waals surface area contributed by atoms with Crippen molar-refractivity contribution in [2.45, 2.75) is 6.54 Å². The second kappa shape index (κ2) is 14.7. The maximum absolute atomic E-state index is 2.56. The van der Waals surface area contributed by atoms with Gasteiger partial charge < -0.3 is 9.47 Å². The molecule has 9 aromatic carbocycles. The van der Waals surface area contributed by atoms with Gasteiger partial charge in [-0.2, -0.15) is 0 Å². The van der Waals surface area contributed by atoms with Crippen LogP contribution in [0, 0.1) is 0 Å². The van der Waals surface area contributed by atoms with Crippen LogP contribution in [0.2, 0.25) is 0 Å². The third kappa shape index (κ3) is 6.23. The van der Waals surface area contributed by atoms with Gasteiger partial charge in [0.25, 0.3) is 0 Å². The number of fused-ring (bicyclic) bond motifs is 2.